The quantitative estimate of drug-likeness (QED) is 0.289. The second-order valence-corrected chi connectivity index (χ2v) is 8.55. The van der Waals surface area contributed by atoms with Gasteiger partial charge in [0, 0.05) is 11.1 Å². The molecule has 0 saturated carbocycles. The number of ether oxygens (including phenoxy) is 2. The highest BCUT2D eigenvalue weighted by Gasteiger charge is 2.34. The number of amides is 2. The fourth-order valence-corrected chi connectivity index (χ4v) is 4.19. The zero-order valence-electron chi connectivity index (χ0n) is 17.5. The first-order chi connectivity index (χ1) is 16.1. The molecule has 1 aliphatic rings. The van der Waals surface area contributed by atoms with Gasteiger partial charge in [-0.15, -0.1) is 0 Å². The lowest BCUT2D eigenvalue weighted by atomic mass is 10.2. The van der Waals surface area contributed by atoms with Crippen molar-refractivity contribution in [3.63, 3.8) is 0 Å². The number of benzene rings is 3. The molecule has 4 rings (SSSR count). The first-order valence-electron chi connectivity index (χ1n) is 10.2. The number of hydrogen-bond acceptors (Lipinski definition) is 6. The van der Waals surface area contributed by atoms with Crippen molar-refractivity contribution in [3.05, 3.63) is 101 Å². The number of nitrogens with one attached hydrogen (secondary N) is 1. The summed E-state index contributed by atoms with van der Waals surface area (Å²) in [5, 5.41) is 1.10. The fraction of sp³-hybridized carbons (Fsp3) is 0.0800. The maximum atomic E-state index is 12.9. The second-order valence-electron chi connectivity index (χ2n) is 6.87. The zero-order chi connectivity index (χ0) is 23.0. The Morgan fingerprint density at radius 3 is 2.30 bits per heavy atom. The fourth-order valence-electron chi connectivity index (χ4n) is 3.02. The van der Waals surface area contributed by atoms with Gasteiger partial charge in [0.2, 0.25) is 0 Å². The molecule has 3 aromatic rings. The van der Waals surface area contributed by atoms with Crippen molar-refractivity contribution >= 4 is 46.2 Å². The van der Waals surface area contributed by atoms with E-state index in [0.29, 0.717) is 29.4 Å². The number of nitrogens with zero attached hydrogens (tertiary/aromatic N) is 1. The summed E-state index contributed by atoms with van der Waals surface area (Å²) in [7, 11) is 0. The molecule has 6 nitrogen and oxygen atoms in total. The minimum absolute atomic E-state index is 0.255. The molecule has 1 aliphatic heterocycles. The van der Waals surface area contributed by atoms with Crippen LogP contribution in [0.4, 0.5) is 0 Å². The van der Waals surface area contributed by atoms with E-state index in [2.05, 4.69) is 5.43 Å². The van der Waals surface area contributed by atoms with E-state index in [9.17, 15) is 9.59 Å². The van der Waals surface area contributed by atoms with E-state index in [1.54, 1.807) is 30.3 Å². The maximum absolute atomic E-state index is 12.9. The van der Waals surface area contributed by atoms with Crippen molar-refractivity contribution in [2.45, 2.75) is 0 Å². The van der Waals surface area contributed by atoms with Crippen LogP contribution < -0.4 is 14.9 Å². The summed E-state index contributed by atoms with van der Waals surface area (Å²) in [6.07, 6.45) is 1.71. The minimum atomic E-state index is -0.407. The number of carbonyl (C=O) groups is 2. The standard InChI is InChI=1S/C25H20N2O4S2/c28-23(18-9-3-1-4-10-18)26-27-24(29)22(33-25(27)32)17-19-11-7-8-14-21(19)31-16-15-30-20-12-5-2-6-13-20/h1-14,17H,15-16H2,(H,26,28)/b22-17+. The van der Waals surface area contributed by atoms with Crippen molar-refractivity contribution in [1.29, 1.82) is 0 Å². The van der Waals surface area contributed by atoms with Crippen LogP contribution in [0.25, 0.3) is 6.08 Å². The molecule has 1 fully saturated rings. The van der Waals surface area contributed by atoms with Crippen LogP contribution in [0.2, 0.25) is 0 Å². The topological polar surface area (TPSA) is 67.9 Å². The molecule has 0 unspecified atom stereocenters. The number of hydrazine groups is 1. The Labute approximate surface area is 201 Å². The predicted molar refractivity (Wildman–Crippen MR) is 133 cm³/mol. The molecule has 8 heteroatoms. The third-order valence-electron chi connectivity index (χ3n) is 4.60. The number of carbonyl (C=O) groups excluding carboxylic acids is 2. The van der Waals surface area contributed by atoms with Crippen LogP contribution in [-0.2, 0) is 4.79 Å². The summed E-state index contributed by atoms with van der Waals surface area (Å²) in [6, 6.07) is 25.5. The largest absolute Gasteiger partial charge is 0.490 e. The van der Waals surface area contributed by atoms with Crippen LogP contribution in [0, 0.1) is 0 Å². The molecule has 166 valence electrons. The lowest BCUT2D eigenvalue weighted by molar-refractivity contribution is -0.123. The number of rotatable bonds is 8. The van der Waals surface area contributed by atoms with Crippen molar-refractivity contribution in [2.24, 2.45) is 0 Å². The Kier molecular flexibility index (Phi) is 7.39. The monoisotopic (exact) mass is 476 g/mol. The smallest absolute Gasteiger partial charge is 0.285 e. The highest BCUT2D eigenvalue weighted by atomic mass is 32.2. The van der Waals surface area contributed by atoms with E-state index in [1.165, 1.54) is 0 Å². The summed E-state index contributed by atoms with van der Waals surface area (Å²) >= 11 is 6.43. The van der Waals surface area contributed by atoms with Gasteiger partial charge in [-0.3, -0.25) is 15.0 Å². The van der Waals surface area contributed by atoms with Gasteiger partial charge in [-0.1, -0.05) is 66.4 Å². The Bertz CT molecular complexity index is 1180. The average molecular weight is 477 g/mol. The Balaban J connectivity index is 1.40. The Morgan fingerprint density at radius 1 is 0.909 bits per heavy atom. The lowest BCUT2D eigenvalue weighted by Gasteiger charge is -2.15. The SMILES string of the molecule is O=C(NN1C(=O)/C(=C\c2ccccc2OCCOc2ccccc2)SC1=S)c1ccccc1. The Hall–Kier alpha value is -3.62. The lowest BCUT2D eigenvalue weighted by Crippen LogP contribution is -2.44. The van der Waals surface area contributed by atoms with Crippen LogP contribution in [0.15, 0.2) is 89.8 Å². The van der Waals surface area contributed by atoms with Crippen LogP contribution in [0.3, 0.4) is 0 Å². The van der Waals surface area contributed by atoms with Gasteiger partial charge in [0.25, 0.3) is 11.8 Å². The summed E-state index contributed by atoms with van der Waals surface area (Å²) in [6.45, 7) is 0.722. The molecule has 1 heterocycles. The maximum Gasteiger partial charge on any atom is 0.285 e. The summed E-state index contributed by atoms with van der Waals surface area (Å²) in [5.74, 6) is 0.593. The normalized spacial score (nSPS) is 14.4. The molecule has 0 atom stereocenters. The molecule has 1 saturated heterocycles. The second kappa shape index (κ2) is 10.8. The molecule has 2 amide bonds. The molecular weight excluding hydrogens is 456 g/mol. The third kappa shape index (κ3) is 5.79. The van der Waals surface area contributed by atoms with Crippen LogP contribution >= 0.6 is 24.0 Å². The molecule has 1 N–H and O–H groups in total. The van der Waals surface area contributed by atoms with Gasteiger partial charge in [0.1, 0.15) is 24.7 Å². The van der Waals surface area contributed by atoms with Crippen LogP contribution in [0.5, 0.6) is 11.5 Å². The predicted octanol–water partition coefficient (Wildman–Crippen LogP) is 4.69. The minimum Gasteiger partial charge on any atom is -0.490 e. The molecule has 33 heavy (non-hydrogen) atoms. The zero-order valence-corrected chi connectivity index (χ0v) is 19.1. The highest BCUT2D eigenvalue weighted by molar-refractivity contribution is 8.26. The highest BCUT2D eigenvalue weighted by Crippen LogP contribution is 2.33. The van der Waals surface area contributed by atoms with Crippen molar-refractivity contribution in [1.82, 2.24) is 10.4 Å². The summed E-state index contributed by atoms with van der Waals surface area (Å²) in [5.41, 5.74) is 3.74. The van der Waals surface area contributed by atoms with Gasteiger partial charge in [-0.25, -0.2) is 0 Å². The van der Waals surface area contributed by atoms with E-state index in [1.807, 2.05) is 60.7 Å². The molecule has 3 aromatic carbocycles. The van der Waals surface area contributed by atoms with Crippen molar-refractivity contribution < 1.29 is 19.1 Å². The molecule has 0 radical (unpaired) electrons. The Morgan fingerprint density at radius 2 is 1.55 bits per heavy atom. The molecule has 0 aliphatic carbocycles. The van der Waals surface area contributed by atoms with E-state index in [-0.39, 0.29) is 4.32 Å². The number of thiocarbonyl (C=S) groups is 1. The van der Waals surface area contributed by atoms with Gasteiger partial charge in [-0.2, -0.15) is 5.01 Å². The molecule has 0 spiro atoms. The van der Waals surface area contributed by atoms with E-state index in [0.717, 1.165) is 28.1 Å². The molecule has 0 aromatic heterocycles. The molecular formula is C25H20N2O4S2. The van der Waals surface area contributed by atoms with Gasteiger partial charge in [0.15, 0.2) is 4.32 Å². The first-order valence-corrected chi connectivity index (χ1v) is 11.4. The van der Waals surface area contributed by atoms with Gasteiger partial charge >= 0.3 is 0 Å². The summed E-state index contributed by atoms with van der Waals surface area (Å²) in [4.78, 5) is 25.7. The summed E-state index contributed by atoms with van der Waals surface area (Å²) < 4.78 is 11.8. The van der Waals surface area contributed by atoms with Crippen molar-refractivity contribution in [3.8, 4) is 11.5 Å². The van der Waals surface area contributed by atoms with Gasteiger partial charge < -0.3 is 9.47 Å². The van der Waals surface area contributed by atoms with Gasteiger partial charge in [-0.05, 0) is 48.6 Å². The van der Waals surface area contributed by atoms with Crippen molar-refractivity contribution in [2.75, 3.05) is 13.2 Å². The van der Waals surface area contributed by atoms with Crippen LogP contribution in [0.1, 0.15) is 15.9 Å². The van der Waals surface area contributed by atoms with Crippen LogP contribution in [-0.4, -0.2) is 34.4 Å². The average Bonchev–Trinajstić information content (AvgIpc) is 3.11. The number of thioether (sulfide) groups is 1. The molecule has 0 bridgehead atoms. The van der Waals surface area contributed by atoms with E-state index < -0.39 is 11.8 Å². The van der Waals surface area contributed by atoms with E-state index >= 15 is 0 Å². The number of para-hydroxylation sites is 2. The first kappa shape index (κ1) is 22.6. The number of hydrogen-bond donors (Lipinski definition) is 1. The van der Waals surface area contributed by atoms with Gasteiger partial charge in [0.05, 0.1) is 4.91 Å². The third-order valence-corrected chi connectivity index (χ3v) is 5.90. The van der Waals surface area contributed by atoms with E-state index in [4.69, 9.17) is 21.7 Å².